The van der Waals surface area contributed by atoms with Gasteiger partial charge < -0.3 is 4.74 Å². The highest BCUT2D eigenvalue weighted by Crippen LogP contribution is 2.24. The van der Waals surface area contributed by atoms with Gasteiger partial charge in [0, 0.05) is 43.5 Å². The number of aromatic nitrogens is 3. The molecule has 0 N–H and O–H groups in total. The third-order valence-electron chi connectivity index (χ3n) is 4.12. The molecule has 124 valence electrons. The molecule has 0 spiro atoms. The van der Waals surface area contributed by atoms with E-state index < -0.39 is 0 Å². The highest BCUT2D eigenvalue weighted by atomic mass is 32.1. The van der Waals surface area contributed by atoms with Gasteiger partial charge in [-0.2, -0.15) is 0 Å². The third-order valence-corrected chi connectivity index (χ3v) is 4.99. The predicted molar refractivity (Wildman–Crippen MR) is 92.3 cm³/mol. The smallest absolute Gasteiger partial charge is 0.258 e. The second-order valence-electron chi connectivity index (χ2n) is 5.99. The van der Waals surface area contributed by atoms with E-state index in [2.05, 4.69) is 14.9 Å². The number of fused-ring (bicyclic) bond motifs is 1. The number of pyridine rings is 1. The first-order chi connectivity index (χ1) is 11.7. The molecule has 7 heteroatoms. The van der Waals surface area contributed by atoms with Gasteiger partial charge >= 0.3 is 0 Å². The van der Waals surface area contributed by atoms with Crippen molar-refractivity contribution in [3.05, 3.63) is 62.6 Å². The van der Waals surface area contributed by atoms with Crippen molar-refractivity contribution in [3.63, 3.8) is 0 Å². The molecule has 0 saturated carbocycles. The van der Waals surface area contributed by atoms with Crippen molar-refractivity contribution in [2.45, 2.75) is 19.6 Å². The average molecular weight is 342 g/mol. The zero-order valence-electron chi connectivity index (χ0n) is 13.4. The molecule has 0 bridgehead atoms. The maximum atomic E-state index is 12.3. The molecular weight excluding hydrogens is 324 g/mol. The molecule has 1 fully saturated rings. The second kappa shape index (κ2) is 6.43. The summed E-state index contributed by atoms with van der Waals surface area (Å²) in [6, 6.07) is 5.48. The van der Waals surface area contributed by atoms with Crippen LogP contribution in [0.3, 0.4) is 0 Å². The van der Waals surface area contributed by atoms with Gasteiger partial charge in [0.2, 0.25) is 0 Å². The van der Waals surface area contributed by atoms with Gasteiger partial charge in [-0.1, -0.05) is 6.07 Å². The number of ether oxygens (including phenoxy) is 1. The van der Waals surface area contributed by atoms with Crippen molar-refractivity contribution >= 4 is 17.0 Å². The Kier molecular flexibility index (Phi) is 4.13. The van der Waals surface area contributed by atoms with Crippen LogP contribution in [0.1, 0.15) is 22.4 Å². The Labute approximate surface area is 143 Å². The highest BCUT2D eigenvalue weighted by molar-refractivity contribution is 7.09. The molecule has 24 heavy (non-hydrogen) atoms. The van der Waals surface area contributed by atoms with Crippen molar-refractivity contribution in [2.75, 3.05) is 19.7 Å². The van der Waals surface area contributed by atoms with Crippen molar-refractivity contribution in [3.8, 4) is 0 Å². The fourth-order valence-corrected chi connectivity index (χ4v) is 3.63. The summed E-state index contributed by atoms with van der Waals surface area (Å²) in [5.41, 5.74) is 2.48. The van der Waals surface area contributed by atoms with Crippen LogP contribution in [-0.2, 0) is 11.3 Å². The van der Waals surface area contributed by atoms with Gasteiger partial charge in [-0.05, 0) is 18.6 Å². The number of hydrogen-bond donors (Lipinski definition) is 0. The molecule has 3 aromatic heterocycles. The Balaban J connectivity index is 1.55. The summed E-state index contributed by atoms with van der Waals surface area (Å²) >= 11 is 1.61. The molecule has 3 aromatic rings. The van der Waals surface area contributed by atoms with E-state index in [1.165, 1.54) is 0 Å². The van der Waals surface area contributed by atoms with E-state index in [-0.39, 0.29) is 11.7 Å². The average Bonchev–Trinajstić information content (AvgIpc) is 3.10. The minimum atomic E-state index is -0.0385. The minimum absolute atomic E-state index is 0.00273. The van der Waals surface area contributed by atoms with Gasteiger partial charge in [0.25, 0.3) is 5.56 Å². The zero-order chi connectivity index (χ0) is 16.5. The molecule has 1 saturated heterocycles. The topological polar surface area (TPSA) is 59.7 Å². The van der Waals surface area contributed by atoms with E-state index in [1.807, 2.05) is 30.6 Å². The number of nitrogens with zero attached hydrogens (tertiary/aromatic N) is 4. The molecule has 6 nitrogen and oxygen atoms in total. The zero-order valence-corrected chi connectivity index (χ0v) is 14.2. The van der Waals surface area contributed by atoms with Gasteiger partial charge in [0.15, 0.2) is 0 Å². The summed E-state index contributed by atoms with van der Waals surface area (Å²) in [5.74, 6) is 0. The Bertz CT molecular complexity index is 907. The monoisotopic (exact) mass is 342 g/mol. The van der Waals surface area contributed by atoms with Crippen LogP contribution in [0.25, 0.3) is 5.65 Å². The van der Waals surface area contributed by atoms with Crippen LogP contribution in [0.4, 0.5) is 0 Å². The molecular formula is C17H18N4O2S. The van der Waals surface area contributed by atoms with Crippen LogP contribution >= 0.6 is 11.3 Å². The first-order valence-electron chi connectivity index (χ1n) is 7.91. The fourth-order valence-electron chi connectivity index (χ4n) is 2.96. The summed E-state index contributed by atoms with van der Waals surface area (Å²) in [6.07, 6.45) is 3.63. The van der Waals surface area contributed by atoms with Crippen molar-refractivity contribution < 1.29 is 4.74 Å². The van der Waals surface area contributed by atoms with Gasteiger partial charge in [-0.25, -0.2) is 9.97 Å². The fraction of sp³-hybridized carbons (Fsp3) is 0.353. The Morgan fingerprint density at radius 1 is 1.42 bits per heavy atom. The first-order valence-corrected chi connectivity index (χ1v) is 8.79. The number of rotatable bonds is 3. The van der Waals surface area contributed by atoms with Gasteiger partial charge in [0.05, 0.1) is 12.3 Å². The molecule has 4 rings (SSSR count). The van der Waals surface area contributed by atoms with Crippen LogP contribution in [0.2, 0.25) is 0 Å². The summed E-state index contributed by atoms with van der Waals surface area (Å²) in [6.45, 7) is 4.87. The lowest BCUT2D eigenvalue weighted by Gasteiger charge is -2.31. The lowest BCUT2D eigenvalue weighted by atomic mass is 10.2. The van der Waals surface area contributed by atoms with Crippen molar-refractivity contribution in [1.29, 1.82) is 0 Å². The number of morpholine rings is 1. The maximum Gasteiger partial charge on any atom is 0.258 e. The normalized spacial score (nSPS) is 19.0. The Hall–Kier alpha value is -2.09. The molecule has 0 aliphatic carbocycles. The molecule has 1 unspecified atom stereocenters. The first kappa shape index (κ1) is 15.4. The van der Waals surface area contributed by atoms with Gasteiger partial charge in [0.1, 0.15) is 16.8 Å². The van der Waals surface area contributed by atoms with Crippen LogP contribution in [0, 0.1) is 6.92 Å². The van der Waals surface area contributed by atoms with E-state index in [9.17, 15) is 4.79 Å². The molecule has 1 aliphatic rings. The number of thiazole rings is 1. The third kappa shape index (κ3) is 3.10. The SMILES string of the molecule is Cc1ccc2nc(CN3CCOC(c4nccs4)C3)cc(=O)n2c1. The quantitative estimate of drug-likeness (QED) is 0.729. The molecule has 0 radical (unpaired) electrons. The van der Waals surface area contributed by atoms with Gasteiger partial charge in [-0.15, -0.1) is 11.3 Å². The molecule has 1 atom stereocenters. The van der Waals surface area contributed by atoms with E-state index in [4.69, 9.17) is 4.74 Å². The predicted octanol–water partition coefficient (Wildman–Crippen LogP) is 2.03. The molecule has 1 aliphatic heterocycles. The van der Waals surface area contributed by atoms with Gasteiger partial charge in [-0.3, -0.25) is 14.1 Å². The summed E-state index contributed by atoms with van der Waals surface area (Å²) in [4.78, 5) is 23.6. The maximum absolute atomic E-state index is 12.3. The number of aryl methyl sites for hydroxylation is 1. The Morgan fingerprint density at radius 3 is 3.17 bits per heavy atom. The lowest BCUT2D eigenvalue weighted by molar-refractivity contribution is -0.0333. The van der Waals surface area contributed by atoms with Crippen molar-refractivity contribution in [2.24, 2.45) is 0 Å². The van der Waals surface area contributed by atoms with Crippen LogP contribution < -0.4 is 5.56 Å². The minimum Gasteiger partial charge on any atom is -0.368 e. The Morgan fingerprint density at radius 2 is 2.33 bits per heavy atom. The van der Waals surface area contributed by atoms with Crippen LogP contribution in [-0.4, -0.2) is 39.0 Å². The summed E-state index contributed by atoms with van der Waals surface area (Å²) in [7, 11) is 0. The van der Waals surface area contributed by atoms with Crippen LogP contribution in [0.5, 0.6) is 0 Å². The molecule has 0 aromatic carbocycles. The second-order valence-corrected chi connectivity index (χ2v) is 6.91. The summed E-state index contributed by atoms with van der Waals surface area (Å²) < 4.78 is 7.41. The molecule has 0 amide bonds. The van der Waals surface area contributed by atoms with E-state index >= 15 is 0 Å². The van der Waals surface area contributed by atoms with E-state index in [0.29, 0.717) is 18.8 Å². The lowest BCUT2D eigenvalue weighted by Crippen LogP contribution is -2.38. The van der Waals surface area contributed by atoms with E-state index in [0.717, 1.165) is 29.4 Å². The van der Waals surface area contributed by atoms with E-state index in [1.54, 1.807) is 28.0 Å². The van der Waals surface area contributed by atoms with Crippen molar-refractivity contribution in [1.82, 2.24) is 19.3 Å². The largest absolute Gasteiger partial charge is 0.368 e. The standard InChI is InChI=1S/C17H18N4O2S/c1-12-2-3-15-19-13(8-16(22)21(15)9-12)10-20-5-6-23-14(11-20)17-18-4-7-24-17/h2-4,7-9,14H,5-6,10-11H2,1H3. The summed E-state index contributed by atoms with van der Waals surface area (Å²) in [5, 5.41) is 2.97. The highest BCUT2D eigenvalue weighted by Gasteiger charge is 2.24. The van der Waals surface area contributed by atoms with Crippen LogP contribution in [0.15, 0.2) is 40.8 Å². The molecule has 4 heterocycles. The number of hydrogen-bond acceptors (Lipinski definition) is 6.